The van der Waals surface area contributed by atoms with Crippen LogP contribution in [0.1, 0.15) is 148 Å². The van der Waals surface area contributed by atoms with Gasteiger partial charge >= 0.3 is 7.12 Å². The van der Waals surface area contributed by atoms with E-state index in [0.29, 0.717) is 49.9 Å². The number of ether oxygens (including phenoxy) is 2. The first-order valence-electron chi connectivity index (χ1n) is 24.5. The summed E-state index contributed by atoms with van der Waals surface area (Å²) in [6, 6.07) is 14.2. The predicted octanol–water partition coefficient (Wildman–Crippen LogP) is 8.94. The standard InChI is InChI=1S/C52H75BN2O9/c1-8-10-12-16-40(29-44(56)39-23-21-38(22-24-39)37-19-17-36(18-20-37)15-11-9-2)50(60)55-42-32-61-25-13-14-26-62-33-43(54-49(59)34(3)27-45(42)57)46(58)28-35(4)53-63-48-31-41-30-47(51(41,5)6)52(48,7)64-53/h17-24,34-35,40-43,47-48H,8-16,25-33H2,1-7H3,(H,54,59)(H,55,60)/t34-,35-,40?,41+,42+,43+,47+,48-,52+/m1/s1. The van der Waals surface area contributed by atoms with E-state index >= 15 is 0 Å². The largest absolute Gasteiger partial charge is 0.461 e. The number of unbranched alkanes of at least 4 members (excludes halogenated alkanes) is 3. The molecule has 2 bridgehead atoms. The number of hydrogen-bond acceptors (Lipinski definition) is 9. The van der Waals surface area contributed by atoms with Gasteiger partial charge in [-0.25, -0.2) is 0 Å². The number of benzene rings is 2. The smallest absolute Gasteiger partial charge is 0.405 e. The van der Waals surface area contributed by atoms with E-state index in [1.807, 2.05) is 31.2 Å². The van der Waals surface area contributed by atoms with Crippen LogP contribution in [0.3, 0.4) is 0 Å². The fourth-order valence-electron chi connectivity index (χ4n) is 10.5. The van der Waals surface area contributed by atoms with Gasteiger partial charge in [-0.05, 0) is 91.6 Å². The van der Waals surface area contributed by atoms with Gasteiger partial charge in [0.15, 0.2) is 17.3 Å². The third kappa shape index (κ3) is 12.2. The van der Waals surface area contributed by atoms with Crippen molar-refractivity contribution in [2.75, 3.05) is 26.4 Å². The summed E-state index contributed by atoms with van der Waals surface area (Å²) in [5.74, 6) is -2.15. The molecular weight excluding hydrogens is 807 g/mol. The van der Waals surface area contributed by atoms with Crippen LogP contribution in [-0.2, 0) is 44.4 Å². The molecule has 1 unspecified atom stereocenters. The summed E-state index contributed by atoms with van der Waals surface area (Å²) < 4.78 is 25.0. The lowest BCUT2D eigenvalue weighted by molar-refractivity contribution is -0.199. The zero-order valence-corrected chi connectivity index (χ0v) is 39.7. The van der Waals surface area contributed by atoms with Crippen LogP contribution in [0, 0.1) is 29.1 Å². The second-order valence-electron chi connectivity index (χ2n) is 20.2. The first-order chi connectivity index (χ1) is 30.6. The molecule has 0 aromatic heterocycles. The summed E-state index contributed by atoms with van der Waals surface area (Å²) in [7, 11) is -0.517. The molecule has 2 amide bonds. The first-order valence-corrected chi connectivity index (χ1v) is 24.5. The Balaban J connectivity index is 1.06. The SMILES string of the molecule is CCCCCC(CC(=O)c1ccc(-c2ccc(CCCC)cc2)cc1)C(=O)N[C@H]1COCCCCOC[C@@H](C(=O)C[C@@H](C)B2O[C@@H]3C[C@@H]4C[C@@H](C4(C)C)[C@]3(C)O2)NC(=O)[C@H](C)CC1=O. The van der Waals surface area contributed by atoms with Crippen molar-refractivity contribution in [1.29, 1.82) is 0 Å². The molecule has 3 aliphatic carbocycles. The Morgan fingerprint density at radius 1 is 0.859 bits per heavy atom. The van der Waals surface area contributed by atoms with Crippen LogP contribution in [0.5, 0.6) is 0 Å². The van der Waals surface area contributed by atoms with Gasteiger partial charge < -0.3 is 29.4 Å². The van der Waals surface area contributed by atoms with Gasteiger partial charge in [0.2, 0.25) is 11.8 Å². The Hall–Kier alpha value is -3.71. The quantitative estimate of drug-likeness (QED) is 0.0904. The van der Waals surface area contributed by atoms with Crippen LogP contribution in [0.2, 0.25) is 5.82 Å². The average molecular weight is 883 g/mol. The van der Waals surface area contributed by atoms with Gasteiger partial charge in [-0.1, -0.05) is 116 Å². The average Bonchev–Trinajstić information content (AvgIpc) is 3.65. The number of nitrogens with one attached hydrogen (secondary N) is 2. The summed E-state index contributed by atoms with van der Waals surface area (Å²) in [6.07, 6.45) is 9.86. The molecule has 5 aliphatic rings. The number of aryl methyl sites for hydroxylation is 1. The van der Waals surface area contributed by atoms with Crippen molar-refractivity contribution in [1.82, 2.24) is 10.6 Å². The Morgan fingerprint density at radius 3 is 2.17 bits per heavy atom. The Labute approximate surface area is 382 Å². The van der Waals surface area contributed by atoms with Crippen molar-refractivity contribution in [3.63, 3.8) is 0 Å². The molecule has 0 radical (unpaired) electrons. The lowest BCUT2D eigenvalue weighted by atomic mass is 9.43. The summed E-state index contributed by atoms with van der Waals surface area (Å²) in [6.45, 7) is 15.3. The molecule has 2 aromatic rings. The first kappa shape index (κ1) is 49.7. The highest BCUT2D eigenvalue weighted by molar-refractivity contribution is 6.47. The maximum atomic E-state index is 14.0. The van der Waals surface area contributed by atoms with Crippen molar-refractivity contribution in [2.24, 2.45) is 29.1 Å². The van der Waals surface area contributed by atoms with Crippen molar-refractivity contribution >= 4 is 36.3 Å². The normalized spacial score (nSPS) is 28.4. The molecule has 11 nitrogen and oxygen atoms in total. The zero-order valence-electron chi connectivity index (χ0n) is 39.7. The number of amides is 2. The van der Waals surface area contributed by atoms with Crippen molar-refractivity contribution in [3.05, 3.63) is 59.7 Å². The minimum absolute atomic E-state index is 0.00578. The molecular formula is C52H75BN2O9. The molecule has 2 heterocycles. The number of ketones is 3. The molecule has 2 aliphatic heterocycles. The second kappa shape index (κ2) is 22.7. The summed E-state index contributed by atoms with van der Waals surface area (Å²) in [5, 5.41) is 5.83. The Morgan fingerprint density at radius 2 is 1.52 bits per heavy atom. The predicted molar refractivity (Wildman–Crippen MR) is 250 cm³/mol. The second-order valence-corrected chi connectivity index (χ2v) is 20.2. The zero-order chi connectivity index (χ0) is 46.0. The van der Waals surface area contributed by atoms with Gasteiger partial charge in [0.05, 0.1) is 24.9 Å². The van der Waals surface area contributed by atoms with Gasteiger partial charge in [-0.3, -0.25) is 24.0 Å². The van der Waals surface area contributed by atoms with E-state index in [-0.39, 0.29) is 78.7 Å². The third-order valence-corrected chi connectivity index (χ3v) is 15.0. The molecule has 64 heavy (non-hydrogen) atoms. The number of hydrogen-bond donors (Lipinski definition) is 2. The van der Waals surface area contributed by atoms with E-state index in [4.69, 9.17) is 18.8 Å². The molecule has 9 atom stereocenters. The maximum absolute atomic E-state index is 14.0. The summed E-state index contributed by atoms with van der Waals surface area (Å²) in [4.78, 5) is 69.2. The van der Waals surface area contributed by atoms with Gasteiger partial charge in [-0.2, -0.15) is 0 Å². The Kier molecular flexibility index (Phi) is 17.6. The van der Waals surface area contributed by atoms with Crippen molar-refractivity contribution in [3.8, 4) is 11.1 Å². The highest BCUT2D eigenvalue weighted by Crippen LogP contribution is 2.66. The van der Waals surface area contributed by atoms with Crippen LogP contribution >= 0.6 is 0 Å². The highest BCUT2D eigenvalue weighted by Gasteiger charge is 2.68. The van der Waals surface area contributed by atoms with Crippen LogP contribution in [-0.4, -0.2) is 86.5 Å². The van der Waals surface area contributed by atoms with E-state index in [1.165, 1.54) is 5.56 Å². The molecule has 350 valence electrons. The monoisotopic (exact) mass is 883 g/mol. The minimum Gasteiger partial charge on any atom is -0.405 e. The van der Waals surface area contributed by atoms with E-state index in [2.05, 4.69) is 69.5 Å². The fourth-order valence-corrected chi connectivity index (χ4v) is 10.5. The molecule has 0 spiro atoms. The molecule has 2 aromatic carbocycles. The molecule has 5 fully saturated rings. The van der Waals surface area contributed by atoms with Gasteiger partial charge in [0, 0.05) is 49.9 Å². The third-order valence-electron chi connectivity index (χ3n) is 15.0. The van der Waals surface area contributed by atoms with Crippen molar-refractivity contribution in [2.45, 2.75) is 168 Å². The maximum Gasteiger partial charge on any atom is 0.461 e. The van der Waals surface area contributed by atoms with Crippen LogP contribution in [0.4, 0.5) is 0 Å². The Bertz CT molecular complexity index is 1900. The minimum atomic E-state index is -1.01. The van der Waals surface area contributed by atoms with Crippen molar-refractivity contribution < 1.29 is 42.8 Å². The number of Topliss-reactive ketones (excluding diaryl/α,β-unsaturated/α-hetero) is 3. The van der Waals surface area contributed by atoms with Crippen LogP contribution in [0.25, 0.3) is 11.1 Å². The number of carbonyl (C=O) groups excluding carboxylic acids is 5. The lowest BCUT2D eigenvalue weighted by Crippen LogP contribution is -2.65. The molecule has 2 saturated heterocycles. The van der Waals surface area contributed by atoms with E-state index < -0.39 is 36.9 Å². The van der Waals surface area contributed by atoms with E-state index in [0.717, 1.165) is 62.5 Å². The number of carbonyl (C=O) groups is 5. The van der Waals surface area contributed by atoms with E-state index in [9.17, 15) is 24.0 Å². The fraction of sp³-hybridized carbons (Fsp3) is 0.673. The van der Waals surface area contributed by atoms with Gasteiger partial charge in [-0.15, -0.1) is 0 Å². The topological polar surface area (TPSA) is 146 Å². The molecule has 3 saturated carbocycles. The molecule has 7 rings (SSSR count). The van der Waals surface area contributed by atoms with Gasteiger partial charge in [0.25, 0.3) is 0 Å². The van der Waals surface area contributed by atoms with Crippen LogP contribution in [0.15, 0.2) is 48.5 Å². The number of rotatable bonds is 17. The summed E-state index contributed by atoms with van der Waals surface area (Å²) >= 11 is 0. The van der Waals surface area contributed by atoms with Crippen LogP contribution < -0.4 is 10.6 Å². The lowest BCUT2D eigenvalue weighted by Gasteiger charge is -2.64. The molecule has 12 heteroatoms. The molecule has 2 N–H and O–H groups in total. The highest BCUT2D eigenvalue weighted by atomic mass is 16.7. The van der Waals surface area contributed by atoms with Gasteiger partial charge in [0.1, 0.15) is 12.1 Å². The van der Waals surface area contributed by atoms with E-state index in [1.54, 1.807) is 6.92 Å². The summed E-state index contributed by atoms with van der Waals surface area (Å²) in [5.41, 5.74) is 3.77.